The van der Waals surface area contributed by atoms with Gasteiger partial charge in [0.2, 0.25) is 0 Å². The van der Waals surface area contributed by atoms with E-state index in [2.05, 4.69) is 4.98 Å². The van der Waals surface area contributed by atoms with Crippen molar-refractivity contribution in [2.24, 2.45) is 5.73 Å². The van der Waals surface area contributed by atoms with Crippen molar-refractivity contribution in [1.82, 2.24) is 9.55 Å². The third kappa shape index (κ3) is 2.15. The molecule has 0 saturated carbocycles. The van der Waals surface area contributed by atoms with Gasteiger partial charge >= 0.3 is 0 Å². The molecule has 74 valence electrons. The molecule has 3 nitrogen and oxygen atoms in total. The summed E-state index contributed by atoms with van der Waals surface area (Å²) in [7, 11) is 0. The third-order valence-electron chi connectivity index (χ3n) is 1.86. The van der Waals surface area contributed by atoms with Gasteiger partial charge in [-0.1, -0.05) is 11.6 Å². The van der Waals surface area contributed by atoms with Gasteiger partial charge in [0.15, 0.2) is 0 Å². The smallest absolute Gasteiger partial charge is 0.0953 e. The van der Waals surface area contributed by atoms with E-state index in [1.807, 2.05) is 22.9 Å². The van der Waals surface area contributed by atoms with E-state index in [0.717, 1.165) is 16.6 Å². The Morgan fingerprint density at radius 2 is 2.36 bits per heavy atom. The molecule has 0 atom stereocenters. The Bertz CT molecular complexity index is 421. The Balaban J connectivity index is 2.10. The molecule has 0 radical (unpaired) electrons. The number of hydrogen-bond acceptors (Lipinski definition) is 3. The maximum atomic E-state index is 5.83. The zero-order chi connectivity index (χ0) is 9.97. The van der Waals surface area contributed by atoms with Crippen LogP contribution in [-0.2, 0) is 13.1 Å². The Kier molecular flexibility index (Phi) is 2.86. The molecule has 2 rings (SSSR count). The average molecular weight is 228 g/mol. The standard InChI is InChI=1S/C9H10ClN3S/c10-9-2-1-8(14-9)5-13-4-7(3-11)12-6-13/h1-2,4,6H,3,5,11H2. The minimum Gasteiger partial charge on any atom is -0.332 e. The van der Waals surface area contributed by atoms with Crippen molar-refractivity contribution in [2.75, 3.05) is 0 Å². The highest BCUT2D eigenvalue weighted by Gasteiger charge is 2.00. The van der Waals surface area contributed by atoms with Gasteiger partial charge in [0.1, 0.15) is 0 Å². The zero-order valence-electron chi connectivity index (χ0n) is 7.48. The molecule has 0 aliphatic rings. The SMILES string of the molecule is NCc1cn(Cc2ccc(Cl)s2)cn1. The number of rotatable bonds is 3. The summed E-state index contributed by atoms with van der Waals surface area (Å²) < 4.78 is 2.82. The number of nitrogens with two attached hydrogens (primary N) is 1. The van der Waals surface area contributed by atoms with Crippen molar-refractivity contribution in [1.29, 1.82) is 0 Å². The highest BCUT2D eigenvalue weighted by molar-refractivity contribution is 7.16. The first-order valence-corrected chi connectivity index (χ1v) is 5.42. The second kappa shape index (κ2) is 4.13. The van der Waals surface area contributed by atoms with Gasteiger partial charge in [-0.2, -0.15) is 0 Å². The third-order valence-corrected chi connectivity index (χ3v) is 3.08. The molecule has 0 spiro atoms. The van der Waals surface area contributed by atoms with Crippen LogP contribution in [0, 0.1) is 0 Å². The second-order valence-corrected chi connectivity index (χ2v) is 4.75. The van der Waals surface area contributed by atoms with Crippen LogP contribution in [0.2, 0.25) is 4.34 Å². The lowest BCUT2D eigenvalue weighted by molar-refractivity contribution is 0.808. The Labute approximate surface area is 91.1 Å². The van der Waals surface area contributed by atoms with E-state index in [9.17, 15) is 0 Å². The fourth-order valence-electron chi connectivity index (χ4n) is 1.21. The minimum absolute atomic E-state index is 0.484. The molecule has 0 saturated heterocycles. The van der Waals surface area contributed by atoms with Crippen LogP contribution in [-0.4, -0.2) is 9.55 Å². The molecule has 2 aromatic heterocycles. The highest BCUT2D eigenvalue weighted by atomic mass is 35.5. The van der Waals surface area contributed by atoms with E-state index >= 15 is 0 Å². The molecule has 2 heterocycles. The molecule has 0 aromatic carbocycles. The molecule has 2 N–H and O–H groups in total. The molecule has 0 unspecified atom stereocenters. The van der Waals surface area contributed by atoms with Gasteiger partial charge in [0.05, 0.1) is 22.9 Å². The number of aromatic nitrogens is 2. The van der Waals surface area contributed by atoms with Crippen molar-refractivity contribution in [3.05, 3.63) is 39.6 Å². The van der Waals surface area contributed by atoms with Crippen molar-refractivity contribution >= 4 is 22.9 Å². The largest absolute Gasteiger partial charge is 0.332 e. The van der Waals surface area contributed by atoms with E-state index in [4.69, 9.17) is 17.3 Å². The normalized spacial score (nSPS) is 10.7. The van der Waals surface area contributed by atoms with Crippen LogP contribution in [0.25, 0.3) is 0 Å². The summed E-state index contributed by atoms with van der Waals surface area (Å²) in [6, 6.07) is 3.93. The monoisotopic (exact) mass is 227 g/mol. The molecule has 0 aliphatic carbocycles. The van der Waals surface area contributed by atoms with Gasteiger partial charge < -0.3 is 10.3 Å². The lowest BCUT2D eigenvalue weighted by atomic mass is 10.4. The summed E-state index contributed by atoms with van der Waals surface area (Å²) in [5.74, 6) is 0. The highest BCUT2D eigenvalue weighted by Crippen LogP contribution is 2.22. The van der Waals surface area contributed by atoms with Gasteiger partial charge in [0, 0.05) is 17.6 Å². The number of imidazole rings is 1. The number of halogens is 1. The second-order valence-electron chi connectivity index (χ2n) is 2.95. The molecular formula is C9H10ClN3S. The van der Waals surface area contributed by atoms with Crippen molar-refractivity contribution in [2.45, 2.75) is 13.1 Å². The van der Waals surface area contributed by atoms with Crippen molar-refractivity contribution in [3.8, 4) is 0 Å². The zero-order valence-corrected chi connectivity index (χ0v) is 9.05. The Hall–Kier alpha value is -0.840. The van der Waals surface area contributed by atoms with E-state index in [0.29, 0.717) is 6.54 Å². The van der Waals surface area contributed by atoms with Gasteiger partial charge in [-0.05, 0) is 12.1 Å². The van der Waals surface area contributed by atoms with Crippen LogP contribution in [0.3, 0.4) is 0 Å². The Morgan fingerprint density at radius 1 is 1.50 bits per heavy atom. The summed E-state index contributed by atoms with van der Waals surface area (Å²) in [4.78, 5) is 5.37. The number of hydrogen-bond donors (Lipinski definition) is 1. The van der Waals surface area contributed by atoms with Gasteiger partial charge in [-0.3, -0.25) is 0 Å². The molecule has 5 heteroatoms. The topological polar surface area (TPSA) is 43.8 Å². The van der Waals surface area contributed by atoms with Gasteiger partial charge in [0.25, 0.3) is 0 Å². The number of thiophene rings is 1. The molecule has 0 aliphatic heterocycles. The predicted octanol–water partition coefficient (Wildman–Crippen LogP) is 2.10. The number of nitrogens with zero attached hydrogens (tertiary/aromatic N) is 2. The van der Waals surface area contributed by atoms with Crippen LogP contribution < -0.4 is 5.73 Å². The molecule has 0 fully saturated rings. The van der Waals surface area contributed by atoms with E-state index in [1.165, 1.54) is 4.88 Å². The van der Waals surface area contributed by atoms with Crippen LogP contribution in [0.5, 0.6) is 0 Å². The first kappa shape index (κ1) is 9.71. The quantitative estimate of drug-likeness (QED) is 0.873. The maximum Gasteiger partial charge on any atom is 0.0953 e. The molecule has 14 heavy (non-hydrogen) atoms. The lowest BCUT2D eigenvalue weighted by Gasteiger charge is -1.96. The minimum atomic E-state index is 0.484. The first-order chi connectivity index (χ1) is 6.78. The maximum absolute atomic E-state index is 5.83. The van der Waals surface area contributed by atoms with Crippen molar-refractivity contribution in [3.63, 3.8) is 0 Å². The Morgan fingerprint density at radius 3 is 2.93 bits per heavy atom. The van der Waals surface area contributed by atoms with E-state index in [1.54, 1.807) is 17.7 Å². The van der Waals surface area contributed by atoms with E-state index < -0.39 is 0 Å². The van der Waals surface area contributed by atoms with Gasteiger partial charge in [-0.15, -0.1) is 11.3 Å². The van der Waals surface area contributed by atoms with Crippen LogP contribution >= 0.6 is 22.9 Å². The van der Waals surface area contributed by atoms with Crippen LogP contribution in [0.15, 0.2) is 24.7 Å². The fourth-order valence-corrected chi connectivity index (χ4v) is 2.31. The van der Waals surface area contributed by atoms with Crippen LogP contribution in [0.4, 0.5) is 0 Å². The van der Waals surface area contributed by atoms with Crippen LogP contribution in [0.1, 0.15) is 10.6 Å². The first-order valence-electron chi connectivity index (χ1n) is 4.23. The molecule has 0 bridgehead atoms. The molecule has 2 aromatic rings. The summed E-state index contributed by atoms with van der Waals surface area (Å²) in [6.45, 7) is 1.29. The van der Waals surface area contributed by atoms with Crippen molar-refractivity contribution < 1.29 is 0 Å². The summed E-state index contributed by atoms with van der Waals surface area (Å²) in [5.41, 5.74) is 6.38. The van der Waals surface area contributed by atoms with E-state index in [-0.39, 0.29) is 0 Å². The average Bonchev–Trinajstić information content (AvgIpc) is 2.76. The lowest BCUT2D eigenvalue weighted by Crippen LogP contribution is -1.96. The predicted molar refractivity (Wildman–Crippen MR) is 58.5 cm³/mol. The fraction of sp³-hybridized carbons (Fsp3) is 0.222. The molecular weight excluding hydrogens is 218 g/mol. The summed E-state index contributed by atoms with van der Waals surface area (Å²) in [6.07, 6.45) is 3.74. The van der Waals surface area contributed by atoms with Gasteiger partial charge in [-0.25, -0.2) is 4.98 Å². The summed E-state index contributed by atoms with van der Waals surface area (Å²) >= 11 is 7.42. The molecule has 0 amide bonds. The summed E-state index contributed by atoms with van der Waals surface area (Å²) in [5, 5.41) is 0.